The average molecular weight is 427 g/mol. The van der Waals surface area contributed by atoms with E-state index in [4.69, 9.17) is 12.2 Å². The quantitative estimate of drug-likeness (QED) is 0.152. The first-order chi connectivity index (χ1) is 14.2. The molecule has 0 bridgehead atoms. The van der Waals surface area contributed by atoms with Crippen LogP contribution in [0, 0.1) is 25.0 Å². The number of carbonyl (C=O) groups is 2. The Kier molecular flexibility index (Phi) is 5.51. The summed E-state index contributed by atoms with van der Waals surface area (Å²) in [6.07, 6.45) is 1.19. The van der Waals surface area contributed by atoms with Gasteiger partial charge in [-0.1, -0.05) is 0 Å². The molecular weight excluding hydrogens is 414 g/mol. The zero-order valence-corrected chi connectivity index (χ0v) is 16.1. The molecule has 0 spiro atoms. The number of hydrogen-bond acceptors (Lipinski definition) is 7. The second-order valence-corrected chi connectivity index (χ2v) is 6.50. The van der Waals surface area contributed by atoms with Crippen LogP contribution in [0.2, 0.25) is 0 Å². The van der Waals surface area contributed by atoms with E-state index in [0.717, 1.165) is 0 Å². The van der Waals surface area contributed by atoms with E-state index < -0.39 is 21.5 Å². The molecule has 1 aromatic heterocycles. The summed E-state index contributed by atoms with van der Waals surface area (Å²) in [6.45, 7) is 1.18. The maximum Gasteiger partial charge on any atom is 0.271 e. The molecule has 0 radical (unpaired) electrons. The van der Waals surface area contributed by atoms with Crippen LogP contribution in [0.15, 0.2) is 48.0 Å². The fourth-order valence-corrected chi connectivity index (χ4v) is 2.92. The van der Waals surface area contributed by atoms with Crippen molar-refractivity contribution in [1.29, 1.82) is 0 Å². The van der Waals surface area contributed by atoms with Crippen molar-refractivity contribution >= 4 is 58.2 Å². The van der Waals surface area contributed by atoms with Gasteiger partial charge in [0.05, 0.1) is 26.5 Å². The topological polar surface area (TPSA) is 153 Å². The van der Waals surface area contributed by atoms with E-state index in [1.165, 1.54) is 60.2 Å². The van der Waals surface area contributed by atoms with Crippen LogP contribution in [0.25, 0.3) is 17.2 Å². The van der Waals surface area contributed by atoms with Gasteiger partial charge in [-0.2, -0.15) is 0 Å². The molecule has 0 fully saturated rings. The van der Waals surface area contributed by atoms with Crippen molar-refractivity contribution in [2.24, 2.45) is 0 Å². The van der Waals surface area contributed by atoms with Gasteiger partial charge in [0.2, 0.25) is 0 Å². The zero-order chi connectivity index (χ0) is 22.0. The molecule has 0 saturated heterocycles. The summed E-state index contributed by atoms with van der Waals surface area (Å²) in [5, 5.41) is 24.3. The summed E-state index contributed by atoms with van der Waals surface area (Å²) in [5.74, 6) is -1.34. The largest absolute Gasteiger partial charge is 0.330 e. The number of amides is 1. The number of H-pyrrole nitrogens is 1. The highest BCUT2D eigenvalue weighted by Gasteiger charge is 2.18. The van der Waals surface area contributed by atoms with Crippen molar-refractivity contribution in [2.45, 2.75) is 6.92 Å². The van der Waals surface area contributed by atoms with Crippen LogP contribution in [0.4, 0.5) is 17.1 Å². The lowest BCUT2D eigenvalue weighted by Gasteiger charge is -2.07. The van der Waals surface area contributed by atoms with Gasteiger partial charge in [0.15, 0.2) is 10.6 Å². The van der Waals surface area contributed by atoms with Gasteiger partial charge in [0, 0.05) is 36.2 Å². The summed E-state index contributed by atoms with van der Waals surface area (Å²) in [7, 11) is 0. The number of benzene rings is 2. The van der Waals surface area contributed by atoms with E-state index in [-0.39, 0.29) is 27.4 Å². The minimum Gasteiger partial charge on any atom is -0.330 e. The van der Waals surface area contributed by atoms with Crippen LogP contribution in [0.1, 0.15) is 6.92 Å². The molecule has 2 aromatic carbocycles. The SMILES string of the molecule is CC(=O)/C(=C\n1c(=S)[nH]c2ccc([N+](=O)[O-])cc21)C(=O)Nc1ccc([N+](=O)[O-])cc1. The van der Waals surface area contributed by atoms with Crippen molar-refractivity contribution < 1.29 is 19.4 Å². The highest BCUT2D eigenvalue weighted by atomic mass is 32.1. The van der Waals surface area contributed by atoms with Gasteiger partial charge in [-0.3, -0.25) is 34.4 Å². The van der Waals surface area contributed by atoms with E-state index in [1.54, 1.807) is 0 Å². The number of rotatable bonds is 6. The van der Waals surface area contributed by atoms with Crippen molar-refractivity contribution in [3.8, 4) is 0 Å². The second kappa shape index (κ2) is 8.05. The standard InChI is InChI=1S/C18H13N5O6S/c1-10(24)14(17(25)19-11-2-4-12(5-3-11)22(26)27)9-21-16-8-13(23(28)29)6-7-15(16)20-18(21)30/h2-9H,1H3,(H,19,25)(H,20,30)/b14-9+. The number of aromatic amines is 1. The number of nitrogens with zero attached hydrogens (tertiary/aromatic N) is 3. The third-order valence-corrected chi connectivity index (χ3v) is 4.43. The predicted molar refractivity (Wildman–Crippen MR) is 110 cm³/mol. The van der Waals surface area contributed by atoms with Crippen molar-refractivity contribution in [3.05, 3.63) is 73.0 Å². The molecule has 0 aliphatic carbocycles. The first-order valence-electron chi connectivity index (χ1n) is 8.34. The third kappa shape index (κ3) is 4.12. The molecule has 12 heteroatoms. The normalized spacial score (nSPS) is 11.3. The molecule has 1 amide bonds. The number of nitro groups is 2. The summed E-state index contributed by atoms with van der Waals surface area (Å²) in [6, 6.07) is 9.11. The van der Waals surface area contributed by atoms with Gasteiger partial charge in [-0.15, -0.1) is 0 Å². The Morgan fingerprint density at radius 3 is 2.23 bits per heavy atom. The van der Waals surface area contributed by atoms with Crippen LogP contribution < -0.4 is 5.32 Å². The van der Waals surface area contributed by atoms with Crippen LogP contribution in [0.5, 0.6) is 0 Å². The summed E-state index contributed by atoms with van der Waals surface area (Å²) < 4.78 is 1.43. The van der Waals surface area contributed by atoms with E-state index >= 15 is 0 Å². The van der Waals surface area contributed by atoms with E-state index in [9.17, 15) is 29.8 Å². The van der Waals surface area contributed by atoms with Crippen molar-refractivity contribution in [1.82, 2.24) is 9.55 Å². The molecule has 0 atom stereocenters. The second-order valence-electron chi connectivity index (χ2n) is 6.12. The van der Waals surface area contributed by atoms with Gasteiger partial charge in [-0.05, 0) is 37.3 Å². The minimum atomic E-state index is -0.766. The van der Waals surface area contributed by atoms with Gasteiger partial charge in [-0.25, -0.2) is 0 Å². The Labute approximate surface area is 172 Å². The van der Waals surface area contributed by atoms with E-state index in [0.29, 0.717) is 11.0 Å². The van der Waals surface area contributed by atoms with Gasteiger partial charge in [0.25, 0.3) is 17.3 Å². The molecule has 3 aromatic rings. The highest BCUT2D eigenvalue weighted by molar-refractivity contribution is 7.71. The van der Waals surface area contributed by atoms with Gasteiger partial charge >= 0.3 is 0 Å². The van der Waals surface area contributed by atoms with E-state index in [1.807, 2.05) is 0 Å². The molecule has 0 saturated carbocycles. The smallest absolute Gasteiger partial charge is 0.271 e. The third-order valence-electron chi connectivity index (χ3n) is 4.13. The van der Waals surface area contributed by atoms with Gasteiger partial charge < -0.3 is 10.3 Å². The lowest BCUT2D eigenvalue weighted by Crippen LogP contribution is -2.19. The summed E-state index contributed by atoms with van der Waals surface area (Å²) in [5.41, 5.74) is 0.449. The van der Waals surface area contributed by atoms with Crippen LogP contribution in [-0.4, -0.2) is 31.1 Å². The lowest BCUT2D eigenvalue weighted by molar-refractivity contribution is -0.385. The number of aromatic nitrogens is 2. The lowest BCUT2D eigenvalue weighted by atomic mass is 10.1. The maximum absolute atomic E-state index is 12.6. The Hall–Kier alpha value is -4.19. The van der Waals surface area contributed by atoms with Crippen molar-refractivity contribution in [3.63, 3.8) is 0 Å². The monoisotopic (exact) mass is 427 g/mol. The number of imidazole rings is 1. The number of nitrogens with one attached hydrogen (secondary N) is 2. The molecule has 0 aliphatic heterocycles. The van der Waals surface area contributed by atoms with E-state index in [2.05, 4.69) is 10.3 Å². The molecule has 1 heterocycles. The fourth-order valence-electron chi connectivity index (χ4n) is 2.66. The highest BCUT2D eigenvalue weighted by Crippen LogP contribution is 2.22. The summed E-state index contributed by atoms with van der Waals surface area (Å²) in [4.78, 5) is 48.2. The Balaban J connectivity index is 2.01. The number of fused-ring (bicyclic) bond motifs is 1. The van der Waals surface area contributed by atoms with Crippen LogP contribution in [0.3, 0.4) is 0 Å². The number of hydrogen-bond donors (Lipinski definition) is 2. The van der Waals surface area contributed by atoms with Gasteiger partial charge in [0.1, 0.15) is 0 Å². The molecule has 11 nitrogen and oxygen atoms in total. The number of Topliss-reactive ketones (excluding diaryl/α,β-unsaturated/α-hetero) is 1. The minimum absolute atomic E-state index is 0.132. The molecule has 3 rings (SSSR count). The molecule has 2 N–H and O–H groups in total. The first-order valence-corrected chi connectivity index (χ1v) is 8.75. The Morgan fingerprint density at radius 1 is 1.07 bits per heavy atom. The molecule has 30 heavy (non-hydrogen) atoms. The number of anilines is 1. The summed E-state index contributed by atoms with van der Waals surface area (Å²) >= 11 is 5.21. The number of non-ortho nitro benzene ring substituents is 2. The fraction of sp³-hybridized carbons (Fsp3) is 0.0556. The molecule has 152 valence electrons. The molecule has 0 aliphatic rings. The molecular formula is C18H13N5O6S. The van der Waals surface area contributed by atoms with Crippen molar-refractivity contribution in [2.75, 3.05) is 5.32 Å². The Bertz CT molecular complexity index is 1290. The molecule has 0 unspecified atom stereocenters. The maximum atomic E-state index is 12.6. The Morgan fingerprint density at radius 2 is 1.67 bits per heavy atom. The first kappa shape index (κ1) is 20.5. The predicted octanol–water partition coefficient (Wildman–Crippen LogP) is 3.58. The number of ketones is 1. The van der Waals surface area contributed by atoms with Crippen LogP contribution >= 0.6 is 12.2 Å². The number of carbonyl (C=O) groups excluding carboxylic acids is 2. The van der Waals surface area contributed by atoms with Crippen LogP contribution in [-0.2, 0) is 9.59 Å². The zero-order valence-electron chi connectivity index (χ0n) is 15.3. The average Bonchev–Trinajstić information content (AvgIpc) is 3.00. The number of nitro benzene ring substituents is 2.